The number of hydrogen-bond acceptors (Lipinski definition) is 7. The topological polar surface area (TPSA) is 108 Å². The van der Waals surface area contributed by atoms with Crippen LogP contribution < -0.4 is 15.1 Å². The van der Waals surface area contributed by atoms with Gasteiger partial charge in [-0.2, -0.15) is 0 Å². The van der Waals surface area contributed by atoms with E-state index in [1.54, 1.807) is 26.8 Å². The number of methoxy groups -OCH3 is 1. The third-order valence-corrected chi connectivity index (χ3v) is 6.72. The zero-order valence-electron chi connectivity index (χ0n) is 20.2. The predicted molar refractivity (Wildman–Crippen MR) is 123 cm³/mol. The molecule has 1 saturated heterocycles. The van der Waals surface area contributed by atoms with Crippen molar-refractivity contribution >= 4 is 29.2 Å². The number of nitrogens with zero attached hydrogens (tertiary/aromatic N) is 2. The van der Waals surface area contributed by atoms with Crippen molar-refractivity contribution in [3.8, 4) is 0 Å². The van der Waals surface area contributed by atoms with Gasteiger partial charge >= 0.3 is 12.1 Å². The monoisotopic (exact) mass is 477 g/mol. The van der Waals surface area contributed by atoms with Gasteiger partial charge in [-0.15, -0.1) is 0 Å². The molecule has 0 aromatic heterocycles. The molecule has 10 heteroatoms. The number of nitrogens with one attached hydrogen (secondary N) is 1. The van der Waals surface area contributed by atoms with Crippen molar-refractivity contribution in [3.05, 3.63) is 23.5 Å². The van der Waals surface area contributed by atoms with Crippen LogP contribution in [0.5, 0.6) is 0 Å². The van der Waals surface area contributed by atoms with Gasteiger partial charge in [0.25, 0.3) is 0 Å². The molecule has 1 aromatic rings. The first-order valence-corrected chi connectivity index (χ1v) is 11.5. The molecule has 1 amide bonds. The molecule has 186 valence electrons. The summed E-state index contributed by atoms with van der Waals surface area (Å²) < 4.78 is 25.9. The zero-order valence-corrected chi connectivity index (χ0v) is 20.2. The van der Waals surface area contributed by atoms with E-state index in [4.69, 9.17) is 9.47 Å². The smallest absolute Gasteiger partial charge is 0.407 e. The van der Waals surface area contributed by atoms with Gasteiger partial charge in [0.05, 0.1) is 24.0 Å². The van der Waals surface area contributed by atoms with E-state index in [1.807, 2.05) is 16.7 Å². The van der Waals surface area contributed by atoms with Crippen LogP contribution in [0.3, 0.4) is 0 Å². The number of carbonyl (C=O) groups excluding carboxylic acids is 2. The van der Waals surface area contributed by atoms with Gasteiger partial charge in [-0.3, -0.25) is 4.79 Å². The summed E-state index contributed by atoms with van der Waals surface area (Å²) in [6, 6.07) is 2.60. The number of ketones is 1. The van der Waals surface area contributed by atoms with Gasteiger partial charge in [0.2, 0.25) is 11.4 Å². The molecule has 9 nitrogen and oxygen atoms in total. The summed E-state index contributed by atoms with van der Waals surface area (Å²) in [4.78, 5) is 41.1. The Kier molecular flexibility index (Phi) is 6.00. The number of alkyl carbamates (subject to hydrolysis) is 1. The normalized spacial score (nSPS) is 26.9. The number of halogens is 1. The minimum absolute atomic E-state index is 0.0133. The number of Topliss-reactive ketones (excluding diaryl/α,β-unsaturated/α-hetero) is 1. The van der Waals surface area contributed by atoms with Crippen LogP contribution in [0.15, 0.2) is 12.1 Å². The van der Waals surface area contributed by atoms with E-state index in [0.29, 0.717) is 24.5 Å². The molecule has 4 rings (SSSR count). The molecule has 2 aliphatic heterocycles. The molecule has 2 N–H and O–H groups in total. The van der Waals surface area contributed by atoms with E-state index in [2.05, 4.69) is 5.32 Å². The third kappa shape index (κ3) is 4.31. The molecule has 1 unspecified atom stereocenters. The molecular weight excluding hydrogens is 445 g/mol. The summed E-state index contributed by atoms with van der Waals surface area (Å²) in [6.45, 7) is 8.09. The first-order chi connectivity index (χ1) is 15.9. The average Bonchev–Trinajstić information content (AvgIpc) is 3.51. The number of rotatable bonds is 5. The van der Waals surface area contributed by atoms with Crippen LogP contribution in [0.25, 0.3) is 0 Å². The largest absolute Gasteiger partial charge is 0.479 e. The quantitative estimate of drug-likeness (QED) is 0.624. The Morgan fingerprint density at radius 3 is 2.44 bits per heavy atom. The van der Waals surface area contributed by atoms with Gasteiger partial charge < -0.3 is 29.7 Å². The zero-order chi connectivity index (χ0) is 25.0. The van der Waals surface area contributed by atoms with Gasteiger partial charge in [0, 0.05) is 31.8 Å². The molecule has 3 atom stereocenters. The summed E-state index contributed by atoms with van der Waals surface area (Å²) in [5.74, 6) is -2.72. The molecule has 34 heavy (non-hydrogen) atoms. The van der Waals surface area contributed by atoms with Gasteiger partial charge in [-0.05, 0) is 51.7 Å². The maximum absolute atomic E-state index is 15.3. The van der Waals surface area contributed by atoms with Gasteiger partial charge in [0.1, 0.15) is 11.4 Å². The lowest BCUT2D eigenvalue weighted by Gasteiger charge is -2.40. The lowest BCUT2D eigenvalue weighted by atomic mass is 9.86. The summed E-state index contributed by atoms with van der Waals surface area (Å²) in [5.41, 5.74) is -1.83. The first-order valence-electron chi connectivity index (χ1n) is 11.5. The van der Waals surface area contributed by atoms with Crippen LogP contribution in [-0.2, 0) is 14.3 Å². The highest BCUT2D eigenvalue weighted by atomic mass is 19.1. The molecule has 3 aliphatic rings. The van der Waals surface area contributed by atoms with Crippen LogP contribution in [0.4, 0.5) is 20.6 Å². The molecular formula is C24H32FN3O6. The van der Waals surface area contributed by atoms with Crippen molar-refractivity contribution < 1.29 is 33.4 Å². The Labute approximate surface area is 198 Å². The van der Waals surface area contributed by atoms with Crippen LogP contribution in [0.1, 0.15) is 50.9 Å². The molecule has 0 radical (unpaired) electrons. The number of benzene rings is 1. The number of anilines is 2. The minimum Gasteiger partial charge on any atom is -0.479 e. The molecule has 1 aromatic carbocycles. The summed E-state index contributed by atoms with van der Waals surface area (Å²) in [7, 11) is 1.19. The molecule has 2 heterocycles. The van der Waals surface area contributed by atoms with Crippen molar-refractivity contribution in [2.45, 2.75) is 63.8 Å². The van der Waals surface area contributed by atoms with E-state index in [1.165, 1.54) is 7.11 Å². The lowest BCUT2D eigenvalue weighted by Crippen LogP contribution is -2.60. The number of hydrogen-bond donors (Lipinski definition) is 2. The SMILES string of the molecule is COC1(C(=O)O)CN(C2CC2)c2cc(N3C[C@H](NC(=O)OC(C)(C)C)[C@@H](C)C3)c(F)cc2C1=O. The molecule has 1 aliphatic carbocycles. The Balaban J connectivity index is 1.62. The van der Waals surface area contributed by atoms with Gasteiger partial charge in [-0.1, -0.05) is 6.92 Å². The number of amides is 1. The van der Waals surface area contributed by atoms with Crippen LogP contribution in [0.2, 0.25) is 0 Å². The Hall–Kier alpha value is -2.88. The van der Waals surface area contributed by atoms with Crippen molar-refractivity contribution in [2.24, 2.45) is 5.92 Å². The number of ether oxygens (including phenoxy) is 2. The number of aliphatic carboxylic acids is 1. The molecule has 1 saturated carbocycles. The van der Waals surface area contributed by atoms with E-state index >= 15 is 4.39 Å². The van der Waals surface area contributed by atoms with Crippen LogP contribution in [0, 0.1) is 11.7 Å². The maximum Gasteiger partial charge on any atom is 0.407 e. The second-order valence-electron chi connectivity index (χ2n) is 10.5. The minimum atomic E-state index is -2.06. The van der Waals surface area contributed by atoms with E-state index in [0.717, 1.165) is 18.9 Å². The summed E-state index contributed by atoms with van der Waals surface area (Å²) >= 11 is 0. The second-order valence-corrected chi connectivity index (χ2v) is 10.5. The lowest BCUT2D eigenvalue weighted by molar-refractivity contribution is -0.155. The highest BCUT2D eigenvalue weighted by Crippen LogP contribution is 2.43. The predicted octanol–water partition coefficient (Wildman–Crippen LogP) is 2.81. The Morgan fingerprint density at radius 2 is 1.88 bits per heavy atom. The van der Waals surface area contributed by atoms with Crippen molar-refractivity contribution in [2.75, 3.05) is 36.5 Å². The maximum atomic E-state index is 15.3. The fraction of sp³-hybridized carbons (Fsp3) is 0.625. The van der Waals surface area contributed by atoms with E-state index in [-0.39, 0.29) is 30.1 Å². The van der Waals surface area contributed by atoms with Crippen LogP contribution >= 0.6 is 0 Å². The molecule has 0 bridgehead atoms. The first kappa shape index (κ1) is 24.3. The third-order valence-electron chi connectivity index (χ3n) is 6.72. The van der Waals surface area contributed by atoms with E-state index < -0.39 is 34.9 Å². The van der Waals surface area contributed by atoms with Crippen molar-refractivity contribution in [3.63, 3.8) is 0 Å². The van der Waals surface area contributed by atoms with Crippen molar-refractivity contribution in [1.82, 2.24) is 5.32 Å². The highest BCUT2D eigenvalue weighted by Gasteiger charge is 2.55. The molecule has 2 fully saturated rings. The van der Waals surface area contributed by atoms with Gasteiger partial charge in [-0.25, -0.2) is 14.0 Å². The van der Waals surface area contributed by atoms with Gasteiger partial charge in [0.15, 0.2) is 0 Å². The summed E-state index contributed by atoms with van der Waals surface area (Å²) in [6.07, 6.45) is 1.21. The Bertz CT molecular complexity index is 1020. The number of fused-ring (bicyclic) bond motifs is 1. The molecule has 0 spiro atoms. The van der Waals surface area contributed by atoms with Crippen molar-refractivity contribution in [1.29, 1.82) is 0 Å². The van der Waals surface area contributed by atoms with E-state index in [9.17, 15) is 19.5 Å². The van der Waals surface area contributed by atoms with Crippen LogP contribution in [-0.4, -0.2) is 73.0 Å². The number of carboxylic acids is 1. The average molecular weight is 478 g/mol. The fourth-order valence-electron chi connectivity index (χ4n) is 4.76. The number of carboxylic acid groups (broad SMARTS) is 1. The summed E-state index contributed by atoms with van der Waals surface area (Å²) in [5, 5.41) is 12.7. The number of carbonyl (C=O) groups is 3. The standard InChI is InChI=1S/C24H32FN3O6/c1-13-10-27(11-17(13)26-22(32)34-23(2,3)4)19-9-18-15(8-16(19)25)20(29)24(33-5,21(30)31)12-28(18)14-6-7-14/h8-9,13-14,17H,6-7,10-12H2,1-5H3,(H,26,32)(H,30,31)/t13-,17-,24?/m0/s1. The Morgan fingerprint density at radius 1 is 1.21 bits per heavy atom. The highest BCUT2D eigenvalue weighted by molar-refractivity contribution is 6.19. The fourth-order valence-corrected chi connectivity index (χ4v) is 4.76. The second kappa shape index (κ2) is 8.41.